The minimum Gasteiger partial charge on any atom is -0.300 e. The summed E-state index contributed by atoms with van der Waals surface area (Å²) in [6, 6.07) is 12.2. The van der Waals surface area contributed by atoms with Crippen molar-refractivity contribution in [3.05, 3.63) is 74.9 Å². The fraction of sp³-hybridized carbons (Fsp3) is 0.375. The molecular formula is C24H27BrClFN2. The Balaban J connectivity index is 2.25. The Bertz CT molecular complexity index is 962. The molecule has 1 heterocycles. The van der Waals surface area contributed by atoms with Gasteiger partial charge in [-0.2, -0.15) is 0 Å². The average Bonchev–Trinajstić information content (AvgIpc) is 2.83. The van der Waals surface area contributed by atoms with Crippen molar-refractivity contribution in [2.24, 2.45) is 4.99 Å². The summed E-state index contributed by atoms with van der Waals surface area (Å²) in [5.41, 5.74) is 3.25. The topological polar surface area (TPSA) is 15.6 Å². The maximum absolute atomic E-state index is 14.9. The van der Waals surface area contributed by atoms with E-state index in [2.05, 4.69) is 52.6 Å². The van der Waals surface area contributed by atoms with Gasteiger partial charge in [-0.15, -0.1) is 0 Å². The van der Waals surface area contributed by atoms with E-state index in [1.165, 1.54) is 25.0 Å². The molecule has 0 bridgehead atoms. The van der Waals surface area contributed by atoms with Crippen molar-refractivity contribution in [1.82, 2.24) is 0 Å². The number of hydrogen-bond donors (Lipinski definition) is 0. The van der Waals surface area contributed by atoms with E-state index < -0.39 is 5.67 Å². The summed E-state index contributed by atoms with van der Waals surface area (Å²) in [5, 5.41) is 0.665. The van der Waals surface area contributed by atoms with Crippen LogP contribution in [-0.4, -0.2) is 18.6 Å². The number of aryl methyl sites for hydroxylation is 1. The first-order valence-electron chi connectivity index (χ1n) is 9.89. The lowest BCUT2D eigenvalue weighted by molar-refractivity contribution is 0.266. The molecule has 1 unspecified atom stereocenters. The van der Waals surface area contributed by atoms with Crippen LogP contribution >= 0.6 is 27.5 Å². The minimum absolute atomic E-state index is 0.113. The molecule has 0 aromatic heterocycles. The quantitative estimate of drug-likeness (QED) is 0.441. The molecule has 1 aliphatic heterocycles. The molecule has 0 fully saturated rings. The van der Waals surface area contributed by atoms with Gasteiger partial charge in [0.2, 0.25) is 0 Å². The first kappa shape index (κ1) is 22.0. The standard InChI is InChI=1S/C24H27BrClFN2/c1-6-16-8-7-9-19(23(16)25)18-11-13-22(28-5)29(15(2)24(3,4)27)21-12-10-17(26)14-20(18)21/h7-10,12,14,18H,2,6,11,13H2,1,3-5H3. The molecule has 1 atom stereocenters. The third-order valence-electron chi connectivity index (χ3n) is 5.60. The Morgan fingerprint density at radius 2 is 2.03 bits per heavy atom. The van der Waals surface area contributed by atoms with Gasteiger partial charge in [0.05, 0.1) is 11.4 Å². The monoisotopic (exact) mass is 476 g/mol. The van der Waals surface area contributed by atoms with E-state index in [1.807, 2.05) is 23.1 Å². The summed E-state index contributed by atoms with van der Waals surface area (Å²) in [7, 11) is 1.75. The second-order valence-corrected chi connectivity index (χ2v) is 9.09. The van der Waals surface area contributed by atoms with E-state index in [0.717, 1.165) is 34.4 Å². The highest BCUT2D eigenvalue weighted by atomic mass is 79.9. The predicted octanol–water partition coefficient (Wildman–Crippen LogP) is 7.69. The van der Waals surface area contributed by atoms with Crippen LogP contribution in [0.25, 0.3) is 0 Å². The van der Waals surface area contributed by atoms with Crippen LogP contribution in [0.4, 0.5) is 10.1 Å². The molecule has 3 rings (SSSR count). The highest BCUT2D eigenvalue weighted by molar-refractivity contribution is 9.10. The molecule has 154 valence electrons. The zero-order valence-electron chi connectivity index (χ0n) is 17.4. The van der Waals surface area contributed by atoms with Gasteiger partial charge in [0.25, 0.3) is 0 Å². The van der Waals surface area contributed by atoms with E-state index in [0.29, 0.717) is 17.1 Å². The molecule has 2 nitrogen and oxygen atoms in total. The van der Waals surface area contributed by atoms with Crippen LogP contribution in [0.3, 0.4) is 0 Å². The molecule has 0 spiro atoms. The fourth-order valence-electron chi connectivity index (χ4n) is 3.93. The van der Waals surface area contributed by atoms with Crippen LogP contribution in [0.1, 0.15) is 56.2 Å². The molecule has 5 heteroatoms. The van der Waals surface area contributed by atoms with Crippen LogP contribution in [0, 0.1) is 0 Å². The molecule has 0 saturated carbocycles. The normalized spacial score (nSPS) is 18.5. The molecule has 0 amide bonds. The van der Waals surface area contributed by atoms with Gasteiger partial charge in [-0.25, -0.2) is 4.39 Å². The van der Waals surface area contributed by atoms with E-state index >= 15 is 0 Å². The first-order valence-corrected chi connectivity index (χ1v) is 11.1. The Kier molecular flexibility index (Phi) is 6.54. The smallest absolute Gasteiger partial charge is 0.145 e. The number of rotatable bonds is 4. The van der Waals surface area contributed by atoms with Crippen molar-refractivity contribution in [2.75, 3.05) is 11.9 Å². The Morgan fingerprint density at radius 3 is 2.66 bits per heavy atom. The molecule has 2 aromatic carbocycles. The third-order valence-corrected chi connectivity index (χ3v) is 6.80. The lowest BCUT2D eigenvalue weighted by Gasteiger charge is -2.33. The number of allylic oxidation sites excluding steroid dienone is 1. The van der Waals surface area contributed by atoms with Crippen LogP contribution in [0.2, 0.25) is 5.02 Å². The van der Waals surface area contributed by atoms with E-state index in [4.69, 9.17) is 11.6 Å². The summed E-state index contributed by atoms with van der Waals surface area (Å²) in [6.45, 7) is 9.29. The summed E-state index contributed by atoms with van der Waals surface area (Å²) in [4.78, 5) is 6.38. The predicted molar refractivity (Wildman–Crippen MR) is 126 cm³/mol. The summed E-state index contributed by atoms with van der Waals surface area (Å²) in [5.74, 6) is 0.927. The second kappa shape index (κ2) is 8.61. The number of fused-ring (bicyclic) bond motifs is 1. The molecule has 0 saturated heterocycles. The zero-order valence-corrected chi connectivity index (χ0v) is 19.7. The lowest BCUT2D eigenvalue weighted by Crippen LogP contribution is -2.37. The van der Waals surface area contributed by atoms with Crippen LogP contribution < -0.4 is 4.90 Å². The molecule has 1 aliphatic rings. The van der Waals surface area contributed by atoms with Gasteiger partial charge in [-0.1, -0.05) is 59.2 Å². The van der Waals surface area contributed by atoms with Gasteiger partial charge in [-0.3, -0.25) is 9.89 Å². The van der Waals surface area contributed by atoms with Crippen molar-refractivity contribution in [2.45, 2.75) is 51.6 Å². The molecular weight excluding hydrogens is 451 g/mol. The van der Waals surface area contributed by atoms with Gasteiger partial charge in [0, 0.05) is 28.9 Å². The summed E-state index contributed by atoms with van der Waals surface area (Å²) < 4.78 is 16.1. The Morgan fingerprint density at radius 1 is 1.31 bits per heavy atom. The van der Waals surface area contributed by atoms with Crippen molar-refractivity contribution in [1.29, 1.82) is 0 Å². The molecule has 0 radical (unpaired) electrons. The molecule has 2 aromatic rings. The van der Waals surface area contributed by atoms with Crippen LogP contribution in [-0.2, 0) is 6.42 Å². The van der Waals surface area contributed by atoms with Crippen molar-refractivity contribution >= 4 is 39.1 Å². The highest BCUT2D eigenvalue weighted by Gasteiger charge is 2.35. The van der Waals surface area contributed by atoms with Gasteiger partial charge >= 0.3 is 0 Å². The van der Waals surface area contributed by atoms with Crippen LogP contribution in [0.5, 0.6) is 0 Å². The zero-order chi connectivity index (χ0) is 21.3. The summed E-state index contributed by atoms with van der Waals surface area (Å²) >= 11 is 10.2. The molecule has 29 heavy (non-hydrogen) atoms. The second-order valence-electron chi connectivity index (χ2n) is 7.86. The van der Waals surface area contributed by atoms with E-state index in [-0.39, 0.29) is 5.92 Å². The number of benzene rings is 2. The SMILES string of the molecule is C=C(N1C(=NC)CCC(c2cccc(CC)c2Br)c2cc(Cl)ccc21)C(C)(C)F. The number of alkyl halides is 1. The van der Waals surface area contributed by atoms with Crippen molar-refractivity contribution < 1.29 is 4.39 Å². The van der Waals surface area contributed by atoms with Gasteiger partial charge in [0.15, 0.2) is 0 Å². The fourth-order valence-corrected chi connectivity index (χ4v) is 4.93. The minimum atomic E-state index is -1.57. The first-order chi connectivity index (χ1) is 13.7. The van der Waals surface area contributed by atoms with Crippen molar-refractivity contribution in [3.8, 4) is 0 Å². The largest absolute Gasteiger partial charge is 0.300 e. The highest BCUT2D eigenvalue weighted by Crippen LogP contribution is 2.45. The number of hydrogen-bond acceptors (Lipinski definition) is 1. The molecule has 0 N–H and O–H groups in total. The van der Waals surface area contributed by atoms with Crippen molar-refractivity contribution in [3.63, 3.8) is 0 Å². The molecule has 0 aliphatic carbocycles. The number of amidine groups is 1. The number of anilines is 1. The Hall–Kier alpha value is -1.65. The Labute approximate surface area is 186 Å². The maximum Gasteiger partial charge on any atom is 0.145 e. The van der Waals surface area contributed by atoms with Gasteiger partial charge < -0.3 is 0 Å². The lowest BCUT2D eigenvalue weighted by atomic mass is 9.86. The number of nitrogens with zero attached hydrogens (tertiary/aromatic N) is 2. The average molecular weight is 478 g/mol. The maximum atomic E-state index is 14.9. The third kappa shape index (κ3) is 4.29. The number of halogens is 3. The van der Waals surface area contributed by atoms with E-state index in [1.54, 1.807) is 7.05 Å². The van der Waals surface area contributed by atoms with Gasteiger partial charge in [0.1, 0.15) is 11.5 Å². The number of aliphatic imine (C=N–C) groups is 1. The van der Waals surface area contributed by atoms with Gasteiger partial charge in [-0.05, 0) is 61.6 Å². The van der Waals surface area contributed by atoms with E-state index in [9.17, 15) is 4.39 Å². The van der Waals surface area contributed by atoms with Crippen LogP contribution in [0.15, 0.2) is 58.1 Å². The summed E-state index contributed by atoms with van der Waals surface area (Å²) in [6.07, 6.45) is 2.51.